The van der Waals surface area contributed by atoms with Crippen molar-refractivity contribution in [1.82, 2.24) is 0 Å². The molecule has 5 heteroatoms. The summed E-state index contributed by atoms with van der Waals surface area (Å²) in [5, 5.41) is 45.5. The molecule has 0 saturated heterocycles. The van der Waals surface area contributed by atoms with Crippen molar-refractivity contribution in [2.45, 2.75) is 37.6 Å². The summed E-state index contributed by atoms with van der Waals surface area (Å²) < 4.78 is 0. The van der Waals surface area contributed by atoms with Crippen LogP contribution in [0.5, 0.6) is 0 Å². The van der Waals surface area contributed by atoms with Crippen molar-refractivity contribution in [3.8, 4) is 0 Å². The lowest BCUT2D eigenvalue weighted by Gasteiger charge is -2.27. The molecule has 0 heterocycles. The standard InChI is InChI=1S/C10H20O5/c1-7(8(13)5-11)3-4-9(14)10(2,15)6-12/h8-9,11-15H,1,3-6H2,2H3/t8-,9-,10-/m1/s1. The second kappa shape index (κ2) is 6.19. The Bertz CT molecular complexity index is 202. The van der Waals surface area contributed by atoms with Gasteiger partial charge >= 0.3 is 0 Å². The van der Waals surface area contributed by atoms with Crippen LogP contribution in [0.15, 0.2) is 12.2 Å². The lowest BCUT2D eigenvalue weighted by Crippen LogP contribution is -2.42. The van der Waals surface area contributed by atoms with Gasteiger partial charge in [0, 0.05) is 0 Å². The third kappa shape index (κ3) is 4.72. The van der Waals surface area contributed by atoms with E-state index in [1.165, 1.54) is 6.92 Å². The van der Waals surface area contributed by atoms with E-state index < -0.39 is 31.0 Å². The van der Waals surface area contributed by atoms with Gasteiger partial charge in [-0.1, -0.05) is 6.58 Å². The Morgan fingerprint density at radius 1 is 1.33 bits per heavy atom. The molecule has 0 aliphatic carbocycles. The molecule has 0 bridgehead atoms. The highest BCUT2D eigenvalue weighted by Gasteiger charge is 2.29. The predicted octanol–water partition coefficient (Wildman–Crippen LogP) is -1.22. The first-order valence-electron chi connectivity index (χ1n) is 4.83. The van der Waals surface area contributed by atoms with Gasteiger partial charge in [0.15, 0.2) is 0 Å². The minimum atomic E-state index is -1.55. The topological polar surface area (TPSA) is 101 Å². The third-order valence-corrected chi connectivity index (χ3v) is 2.42. The number of hydrogen-bond acceptors (Lipinski definition) is 5. The molecule has 0 saturated carbocycles. The summed E-state index contributed by atoms with van der Waals surface area (Å²) in [4.78, 5) is 0. The van der Waals surface area contributed by atoms with Crippen molar-refractivity contribution < 1.29 is 25.5 Å². The number of rotatable bonds is 7. The Morgan fingerprint density at radius 2 is 1.87 bits per heavy atom. The third-order valence-electron chi connectivity index (χ3n) is 2.42. The molecule has 0 aromatic carbocycles. The number of aliphatic hydroxyl groups is 5. The van der Waals surface area contributed by atoms with Gasteiger partial charge < -0.3 is 25.5 Å². The second-order valence-corrected chi connectivity index (χ2v) is 3.93. The fourth-order valence-corrected chi connectivity index (χ4v) is 1.03. The maximum absolute atomic E-state index is 9.49. The quantitative estimate of drug-likeness (QED) is 0.346. The molecule has 0 aromatic heterocycles. The average molecular weight is 220 g/mol. The van der Waals surface area contributed by atoms with Crippen LogP contribution in [-0.2, 0) is 0 Å². The molecule has 0 fully saturated rings. The van der Waals surface area contributed by atoms with Crippen LogP contribution in [0.3, 0.4) is 0 Å². The molecule has 0 aromatic rings. The van der Waals surface area contributed by atoms with Crippen LogP contribution in [0.1, 0.15) is 19.8 Å². The Labute approximate surface area is 89.3 Å². The zero-order chi connectivity index (χ0) is 12.1. The lowest BCUT2D eigenvalue weighted by molar-refractivity contribution is -0.0946. The van der Waals surface area contributed by atoms with Gasteiger partial charge in [0.2, 0.25) is 0 Å². The highest BCUT2D eigenvalue weighted by Crippen LogP contribution is 2.17. The van der Waals surface area contributed by atoms with Gasteiger partial charge in [-0.3, -0.25) is 0 Å². The highest BCUT2D eigenvalue weighted by molar-refractivity contribution is 5.02. The van der Waals surface area contributed by atoms with Crippen LogP contribution in [-0.4, -0.2) is 56.6 Å². The molecule has 0 unspecified atom stereocenters. The fourth-order valence-electron chi connectivity index (χ4n) is 1.03. The van der Waals surface area contributed by atoms with Crippen molar-refractivity contribution in [2.75, 3.05) is 13.2 Å². The zero-order valence-corrected chi connectivity index (χ0v) is 8.93. The summed E-state index contributed by atoms with van der Waals surface area (Å²) >= 11 is 0. The Hall–Kier alpha value is -0.460. The minimum absolute atomic E-state index is 0.170. The summed E-state index contributed by atoms with van der Waals surface area (Å²) in [5.74, 6) is 0. The largest absolute Gasteiger partial charge is 0.393 e. The van der Waals surface area contributed by atoms with E-state index in [1.807, 2.05) is 0 Å². The first-order valence-corrected chi connectivity index (χ1v) is 4.83. The first-order chi connectivity index (χ1) is 6.85. The first kappa shape index (κ1) is 14.5. The van der Waals surface area contributed by atoms with Crippen molar-refractivity contribution in [3.63, 3.8) is 0 Å². The van der Waals surface area contributed by atoms with Crippen LogP contribution in [0.2, 0.25) is 0 Å². The van der Waals surface area contributed by atoms with Crippen molar-refractivity contribution in [2.24, 2.45) is 0 Å². The van der Waals surface area contributed by atoms with E-state index in [2.05, 4.69) is 6.58 Å². The van der Waals surface area contributed by atoms with Crippen LogP contribution in [0, 0.1) is 0 Å². The summed E-state index contributed by atoms with van der Waals surface area (Å²) in [5.41, 5.74) is -1.16. The monoisotopic (exact) mass is 220 g/mol. The van der Waals surface area contributed by atoms with Crippen molar-refractivity contribution in [1.29, 1.82) is 0 Å². The summed E-state index contributed by atoms with van der Waals surface area (Å²) in [7, 11) is 0. The van der Waals surface area contributed by atoms with E-state index in [-0.39, 0.29) is 12.8 Å². The van der Waals surface area contributed by atoms with E-state index >= 15 is 0 Å². The molecule has 15 heavy (non-hydrogen) atoms. The lowest BCUT2D eigenvalue weighted by atomic mass is 9.93. The Kier molecular flexibility index (Phi) is 6.00. The molecular formula is C10H20O5. The van der Waals surface area contributed by atoms with E-state index in [9.17, 15) is 10.2 Å². The fraction of sp³-hybridized carbons (Fsp3) is 0.800. The molecule has 3 atom stereocenters. The second-order valence-electron chi connectivity index (χ2n) is 3.93. The Balaban J connectivity index is 4.01. The maximum atomic E-state index is 9.49. The van der Waals surface area contributed by atoms with E-state index in [4.69, 9.17) is 15.3 Å². The molecule has 0 radical (unpaired) electrons. The van der Waals surface area contributed by atoms with Gasteiger partial charge in [-0.2, -0.15) is 0 Å². The van der Waals surface area contributed by atoms with Crippen LogP contribution < -0.4 is 0 Å². The summed E-state index contributed by atoms with van der Waals surface area (Å²) in [6.07, 6.45) is -1.65. The molecule has 0 aliphatic rings. The van der Waals surface area contributed by atoms with E-state index in [1.54, 1.807) is 0 Å². The average Bonchev–Trinajstić information content (AvgIpc) is 2.23. The van der Waals surface area contributed by atoms with E-state index in [0.717, 1.165) is 0 Å². The molecule has 0 rings (SSSR count). The van der Waals surface area contributed by atoms with Gasteiger partial charge in [0.1, 0.15) is 5.60 Å². The molecule has 0 amide bonds. The van der Waals surface area contributed by atoms with Gasteiger partial charge in [-0.15, -0.1) is 0 Å². The van der Waals surface area contributed by atoms with Crippen LogP contribution in [0.25, 0.3) is 0 Å². The zero-order valence-electron chi connectivity index (χ0n) is 8.93. The molecule has 5 nitrogen and oxygen atoms in total. The van der Waals surface area contributed by atoms with Crippen molar-refractivity contribution in [3.05, 3.63) is 12.2 Å². The summed E-state index contributed by atoms with van der Waals surface area (Å²) in [6.45, 7) is 3.91. The van der Waals surface area contributed by atoms with Crippen LogP contribution in [0.4, 0.5) is 0 Å². The van der Waals surface area contributed by atoms with Crippen molar-refractivity contribution >= 4 is 0 Å². The number of aliphatic hydroxyl groups excluding tert-OH is 4. The minimum Gasteiger partial charge on any atom is -0.393 e. The van der Waals surface area contributed by atoms with Gasteiger partial charge in [-0.25, -0.2) is 0 Å². The molecule has 5 N–H and O–H groups in total. The maximum Gasteiger partial charge on any atom is 0.111 e. The molecule has 0 spiro atoms. The SMILES string of the molecule is C=C(CC[C@@H](O)[C@](C)(O)CO)[C@H](O)CO. The summed E-state index contributed by atoms with van der Waals surface area (Å²) in [6, 6.07) is 0. The number of hydrogen-bond donors (Lipinski definition) is 5. The van der Waals surface area contributed by atoms with Gasteiger partial charge in [0.25, 0.3) is 0 Å². The van der Waals surface area contributed by atoms with E-state index in [0.29, 0.717) is 5.57 Å². The Morgan fingerprint density at radius 3 is 2.27 bits per heavy atom. The van der Waals surface area contributed by atoms with Gasteiger partial charge in [0.05, 0.1) is 25.4 Å². The molecular weight excluding hydrogens is 200 g/mol. The smallest absolute Gasteiger partial charge is 0.111 e. The van der Waals surface area contributed by atoms with Gasteiger partial charge in [-0.05, 0) is 25.3 Å². The normalized spacial score (nSPS) is 19.3. The highest BCUT2D eigenvalue weighted by atomic mass is 16.4. The van der Waals surface area contributed by atoms with Crippen LogP contribution >= 0.6 is 0 Å². The molecule has 90 valence electrons. The predicted molar refractivity (Wildman–Crippen MR) is 55.2 cm³/mol. The molecule has 0 aliphatic heterocycles.